The molecule has 0 fully saturated rings. The van der Waals surface area contributed by atoms with Gasteiger partial charge >= 0.3 is 6.36 Å². The van der Waals surface area contributed by atoms with Crippen molar-refractivity contribution >= 4 is 27.5 Å². The first kappa shape index (κ1) is 14.2. The predicted octanol–water partition coefficient (Wildman–Crippen LogP) is 4.33. The van der Waals surface area contributed by atoms with Crippen LogP contribution in [0.3, 0.4) is 0 Å². The second-order valence-electron chi connectivity index (χ2n) is 2.93. The van der Waals surface area contributed by atoms with Gasteiger partial charge in [0.1, 0.15) is 5.75 Å². The van der Waals surface area contributed by atoms with Crippen LogP contribution in [0, 0.1) is 11.8 Å². The molecule has 0 radical (unpaired) electrons. The van der Waals surface area contributed by atoms with Crippen LogP contribution >= 0.6 is 27.5 Å². The quantitative estimate of drug-likeness (QED) is 0.580. The molecule has 0 bridgehead atoms. The molecule has 0 aliphatic carbocycles. The lowest BCUT2D eigenvalue weighted by Gasteiger charge is -2.09. The topological polar surface area (TPSA) is 9.23 Å². The molecule has 0 spiro atoms. The predicted molar refractivity (Wildman–Crippen MR) is 63.0 cm³/mol. The van der Waals surface area contributed by atoms with Crippen molar-refractivity contribution < 1.29 is 17.9 Å². The average molecular weight is 328 g/mol. The highest BCUT2D eigenvalue weighted by atomic mass is 79.9. The van der Waals surface area contributed by atoms with Crippen molar-refractivity contribution in [2.24, 2.45) is 0 Å². The molecule has 0 aliphatic rings. The molecule has 0 saturated carbocycles. The highest BCUT2D eigenvalue weighted by Gasteiger charge is 2.31. The van der Waals surface area contributed by atoms with E-state index in [1.54, 1.807) is 0 Å². The lowest BCUT2D eigenvalue weighted by molar-refractivity contribution is -0.274. The molecule has 1 aromatic carbocycles. The monoisotopic (exact) mass is 326 g/mol. The van der Waals surface area contributed by atoms with Crippen molar-refractivity contribution in [2.75, 3.05) is 5.88 Å². The van der Waals surface area contributed by atoms with E-state index < -0.39 is 6.36 Å². The number of hydrogen-bond acceptors (Lipinski definition) is 1. The van der Waals surface area contributed by atoms with Crippen LogP contribution in [0.5, 0.6) is 5.75 Å². The molecule has 1 nitrogen and oxygen atoms in total. The summed E-state index contributed by atoms with van der Waals surface area (Å²) < 4.78 is 40.0. The van der Waals surface area contributed by atoms with Crippen molar-refractivity contribution in [3.05, 3.63) is 28.2 Å². The Hall–Kier alpha value is -0.860. The Balaban J connectivity index is 2.84. The zero-order valence-electron chi connectivity index (χ0n) is 8.44. The summed E-state index contributed by atoms with van der Waals surface area (Å²) in [6.07, 6.45) is -4.17. The number of rotatable bonds is 2. The number of benzene rings is 1. The van der Waals surface area contributed by atoms with E-state index in [2.05, 4.69) is 32.5 Å². The van der Waals surface area contributed by atoms with Gasteiger partial charge in [-0.25, -0.2) is 0 Å². The lowest BCUT2D eigenvalue weighted by atomic mass is 10.2. The smallest absolute Gasteiger partial charge is 0.406 e. The summed E-state index contributed by atoms with van der Waals surface area (Å²) in [4.78, 5) is 0. The van der Waals surface area contributed by atoms with Gasteiger partial charge in [0, 0.05) is 22.3 Å². The summed E-state index contributed by atoms with van der Waals surface area (Å²) in [5.41, 5.74) is 0.588. The van der Waals surface area contributed by atoms with E-state index in [4.69, 9.17) is 11.6 Å². The third-order valence-electron chi connectivity index (χ3n) is 1.62. The first-order valence-electron chi connectivity index (χ1n) is 4.52. The molecule has 17 heavy (non-hydrogen) atoms. The van der Waals surface area contributed by atoms with Crippen LogP contribution in [-0.4, -0.2) is 12.2 Å². The van der Waals surface area contributed by atoms with Crippen LogP contribution in [0.1, 0.15) is 12.0 Å². The molecule has 0 heterocycles. The van der Waals surface area contributed by atoms with Gasteiger partial charge in [0.05, 0.1) is 0 Å². The Morgan fingerprint density at radius 2 is 2.06 bits per heavy atom. The van der Waals surface area contributed by atoms with Crippen LogP contribution < -0.4 is 4.74 Å². The molecule has 0 N–H and O–H groups in total. The van der Waals surface area contributed by atoms with Crippen LogP contribution in [0.2, 0.25) is 0 Å². The highest BCUT2D eigenvalue weighted by molar-refractivity contribution is 9.10. The second kappa shape index (κ2) is 6.18. The number of halogens is 5. The summed E-state index contributed by atoms with van der Waals surface area (Å²) >= 11 is 8.57. The van der Waals surface area contributed by atoms with Gasteiger partial charge in [-0.05, 0) is 34.1 Å². The molecule has 1 rings (SSSR count). The first-order chi connectivity index (χ1) is 7.92. The summed E-state index contributed by atoms with van der Waals surface area (Å²) in [7, 11) is 0. The molecule has 6 heteroatoms. The third-order valence-corrected chi connectivity index (χ3v) is 2.46. The minimum Gasteiger partial charge on any atom is -0.406 e. The Morgan fingerprint density at radius 3 is 2.59 bits per heavy atom. The Morgan fingerprint density at radius 1 is 1.35 bits per heavy atom. The highest BCUT2D eigenvalue weighted by Crippen LogP contribution is 2.27. The third kappa shape index (κ3) is 5.33. The van der Waals surface area contributed by atoms with E-state index in [1.165, 1.54) is 18.2 Å². The molecule has 0 saturated heterocycles. The largest absolute Gasteiger partial charge is 0.573 e. The van der Waals surface area contributed by atoms with E-state index in [1.807, 2.05) is 0 Å². The van der Waals surface area contributed by atoms with Gasteiger partial charge in [0.15, 0.2) is 0 Å². The Kier molecular flexibility index (Phi) is 5.16. The normalized spacial score (nSPS) is 10.6. The molecule has 1 aromatic rings. The van der Waals surface area contributed by atoms with Gasteiger partial charge in [0.2, 0.25) is 0 Å². The number of hydrogen-bond donors (Lipinski definition) is 0. The maximum Gasteiger partial charge on any atom is 0.573 e. The van der Waals surface area contributed by atoms with E-state index >= 15 is 0 Å². The summed E-state index contributed by atoms with van der Waals surface area (Å²) in [6, 6.07) is 3.88. The van der Waals surface area contributed by atoms with Gasteiger partial charge in [-0.15, -0.1) is 24.8 Å². The number of ether oxygens (including phenoxy) is 1. The van der Waals surface area contributed by atoms with Crippen molar-refractivity contribution in [1.82, 2.24) is 0 Å². The first-order valence-corrected chi connectivity index (χ1v) is 5.85. The number of alkyl halides is 4. The molecule has 0 aliphatic heterocycles. The molecular formula is C11H7BrClF3O. The molecule has 0 atom stereocenters. The molecule has 0 amide bonds. The fourth-order valence-electron chi connectivity index (χ4n) is 0.999. The van der Waals surface area contributed by atoms with Crippen molar-refractivity contribution in [2.45, 2.75) is 12.8 Å². The average Bonchev–Trinajstić information content (AvgIpc) is 2.19. The molecule has 0 aromatic heterocycles. The Labute approximate surface area is 110 Å². The van der Waals surface area contributed by atoms with Crippen LogP contribution in [0.25, 0.3) is 0 Å². The molecular weight excluding hydrogens is 320 g/mol. The van der Waals surface area contributed by atoms with Gasteiger partial charge in [-0.3, -0.25) is 0 Å². The van der Waals surface area contributed by atoms with Gasteiger partial charge < -0.3 is 4.74 Å². The van der Waals surface area contributed by atoms with Crippen LogP contribution in [-0.2, 0) is 0 Å². The minimum absolute atomic E-state index is 0.285. The maximum absolute atomic E-state index is 11.9. The van der Waals surface area contributed by atoms with Crippen molar-refractivity contribution in [1.29, 1.82) is 0 Å². The van der Waals surface area contributed by atoms with Crippen LogP contribution in [0.4, 0.5) is 13.2 Å². The fourth-order valence-corrected chi connectivity index (χ4v) is 1.55. The second-order valence-corrected chi connectivity index (χ2v) is 4.16. The summed E-state index contributed by atoms with van der Waals surface area (Å²) in [6.45, 7) is 0. The van der Waals surface area contributed by atoms with E-state index in [-0.39, 0.29) is 5.75 Å². The van der Waals surface area contributed by atoms with Crippen molar-refractivity contribution in [3.63, 3.8) is 0 Å². The maximum atomic E-state index is 11.9. The summed E-state index contributed by atoms with van der Waals surface area (Å²) in [5, 5.41) is 0. The molecule has 0 unspecified atom stereocenters. The Bertz CT molecular complexity index is 448. The van der Waals surface area contributed by atoms with E-state index in [0.29, 0.717) is 22.3 Å². The molecule has 92 valence electrons. The van der Waals surface area contributed by atoms with Gasteiger partial charge in [-0.2, -0.15) is 0 Å². The van der Waals surface area contributed by atoms with Crippen molar-refractivity contribution in [3.8, 4) is 17.6 Å². The van der Waals surface area contributed by atoms with E-state index in [9.17, 15) is 13.2 Å². The van der Waals surface area contributed by atoms with E-state index in [0.717, 1.165) is 0 Å². The standard InChI is InChI=1S/C11H7BrClF3O/c12-10-7-9(17-11(14,15)16)5-4-8(10)3-1-2-6-13/h4-5,7H,2,6H2. The van der Waals surface area contributed by atoms with Gasteiger partial charge in [-0.1, -0.05) is 11.8 Å². The SMILES string of the molecule is FC(F)(F)Oc1ccc(C#CCCCl)c(Br)c1. The lowest BCUT2D eigenvalue weighted by Crippen LogP contribution is -2.17. The summed E-state index contributed by atoms with van der Waals surface area (Å²) in [5.74, 6) is 5.70. The zero-order valence-corrected chi connectivity index (χ0v) is 10.8. The van der Waals surface area contributed by atoms with Crippen LogP contribution in [0.15, 0.2) is 22.7 Å². The fraction of sp³-hybridized carbons (Fsp3) is 0.273. The zero-order chi connectivity index (χ0) is 12.9. The van der Waals surface area contributed by atoms with Gasteiger partial charge in [0.25, 0.3) is 0 Å². The minimum atomic E-state index is -4.69.